The second-order valence-corrected chi connectivity index (χ2v) is 3.30. The van der Waals surface area contributed by atoms with Gasteiger partial charge >= 0.3 is 0 Å². The summed E-state index contributed by atoms with van der Waals surface area (Å²) in [6.07, 6.45) is 4.09. The molecule has 0 heterocycles. The van der Waals surface area contributed by atoms with Crippen molar-refractivity contribution < 1.29 is 0 Å². The van der Waals surface area contributed by atoms with E-state index in [1.54, 1.807) is 0 Å². The summed E-state index contributed by atoms with van der Waals surface area (Å²) in [4.78, 5) is 0. The Morgan fingerprint density at radius 1 is 1.00 bits per heavy atom. The van der Waals surface area contributed by atoms with Gasteiger partial charge in [0.25, 0.3) is 0 Å². The summed E-state index contributed by atoms with van der Waals surface area (Å²) in [5.41, 5.74) is 1.06. The maximum atomic E-state index is 3.12. The van der Waals surface area contributed by atoms with Crippen LogP contribution in [0.4, 0.5) is 0 Å². The van der Waals surface area contributed by atoms with E-state index < -0.39 is 0 Å². The molecular weight excluding hydrogens is 180 g/mol. The Morgan fingerprint density at radius 2 is 1.80 bits per heavy atom. The first kappa shape index (κ1) is 11.4. The molecule has 0 aliphatic carbocycles. The first-order valence-corrected chi connectivity index (χ1v) is 5.43. The van der Waals surface area contributed by atoms with Gasteiger partial charge in [0.05, 0.1) is 6.42 Å². The number of rotatable bonds is 2. The molecule has 0 heteroatoms. The molecule has 1 rings (SSSR count). The third-order valence-corrected chi connectivity index (χ3v) is 1.96. The van der Waals surface area contributed by atoms with Crippen molar-refractivity contribution in [2.45, 2.75) is 32.6 Å². The first-order chi connectivity index (χ1) is 7.43. The van der Waals surface area contributed by atoms with E-state index in [-0.39, 0.29) is 0 Å². The van der Waals surface area contributed by atoms with Gasteiger partial charge in [-0.25, -0.2) is 0 Å². The van der Waals surface area contributed by atoms with Gasteiger partial charge in [0.15, 0.2) is 0 Å². The standard InChI is InChI=1S/C15H16/c1-2-3-4-5-6-7-9-12-15-13-10-8-11-14-15/h8,10-11,13-14H,2-4,7H2,1H3. The maximum Gasteiger partial charge on any atom is 0.0706 e. The highest BCUT2D eigenvalue weighted by atomic mass is 13.8. The zero-order chi connectivity index (χ0) is 10.8. The number of unbranched alkanes of at least 4 members (excludes halogenated alkanes) is 2. The molecule has 15 heavy (non-hydrogen) atoms. The van der Waals surface area contributed by atoms with Crippen LogP contribution in [0.5, 0.6) is 0 Å². The molecule has 1 aromatic carbocycles. The van der Waals surface area contributed by atoms with Gasteiger partial charge in [-0.05, 0) is 18.6 Å². The molecule has 0 bridgehead atoms. The molecule has 0 N–H and O–H groups in total. The Morgan fingerprint density at radius 3 is 2.53 bits per heavy atom. The van der Waals surface area contributed by atoms with Crippen molar-refractivity contribution in [3.63, 3.8) is 0 Å². The fourth-order valence-electron chi connectivity index (χ4n) is 1.13. The fraction of sp³-hybridized carbons (Fsp3) is 0.333. The molecule has 0 aromatic heterocycles. The quantitative estimate of drug-likeness (QED) is 0.500. The Hall–Kier alpha value is -1.66. The first-order valence-electron chi connectivity index (χ1n) is 5.43. The lowest BCUT2D eigenvalue weighted by Crippen LogP contribution is -1.71. The highest BCUT2D eigenvalue weighted by Crippen LogP contribution is 1.95. The van der Waals surface area contributed by atoms with Crippen LogP contribution in [0.3, 0.4) is 0 Å². The summed E-state index contributed by atoms with van der Waals surface area (Å²) < 4.78 is 0. The van der Waals surface area contributed by atoms with Crippen LogP contribution in [-0.2, 0) is 0 Å². The van der Waals surface area contributed by atoms with Crippen LogP contribution in [0.1, 0.15) is 38.2 Å². The van der Waals surface area contributed by atoms with Gasteiger partial charge in [0.1, 0.15) is 0 Å². The predicted molar refractivity (Wildman–Crippen MR) is 65.2 cm³/mol. The van der Waals surface area contributed by atoms with Crippen molar-refractivity contribution in [2.24, 2.45) is 0 Å². The monoisotopic (exact) mass is 196 g/mol. The van der Waals surface area contributed by atoms with Crippen molar-refractivity contribution in [3.8, 4) is 23.7 Å². The second-order valence-electron chi connectivity index (χ2n) is 3.30. The highest BCUT2D eigenvalue weighted by Gasteiger charge is 1.79. The molecule has 0 unspecified atom stereocenters. The molecule has 0 atom stereocenters. The lowest BCUT2D eigenvalue weighted by atomic mass is 10.2. The van der Waals surface area contributed by atoms with Crippen molar-refractivity contribution in [2.75, 3.05) is 0 Å². The maximum absolute atomic E-state index is 3.12. The number of hydrogen-bond donors (Lipinski definition) is 0. The van der Waals surface area contributed by atoms with Gasteiger partial charge in [-0.1, -0.05) is 49.3 Å². The molecular formula is C15H16. The van der Waals surface area contributed by atoms with Gasteiger partial charge in [0, 0.05) is 12.0 Å². The molecule has 0 amide bonds. The van der Waals surface area contributed by atoms with E-state index in [4.69, 9.17) is 0 Å². The van der Waals surface area contributed by atoms with Crippen molar-refractivity contribution in [1.82, 2.24) is 0 Å². The Kier molecular flexibility index (Phi) is 5.87. The van der Waals surface area contributed by atoms with E-state index >= 15 is 0 Å². The van der Waals surface area contributed by atoms with Crippen molar-refractivity contribution >= 4 is 0 Å². The smallest absolute Gasteiger partial charge is 0.0706 e. The van der Waals surface area contributed by atoms with Crippen LogP contribution in [-0.4, -0.2) is 0 Å². The third-order valence-electron chi connectivity index (χ3n) is 1.96. The predicted octanol–water partition coefficient (Wildman–Crippen LogP) is 3.62. The molecule has 0 aliphatic rings. The average molecular weight is 196 g/mol. The summed E-state index contributed by atoms with van der Waals surface area (Å²) >= 11 is 0. The molecule has 1 aromatic rings. The average Bonchev–Trinajstić information content (AvgIpc) is 2.29. The van der Waals surface area contributed by atoms with Crippen LogP contribution in [0.25, 0.3) is 0 Å². The third kappa shape index (κ3) is 5.61. The highest BCUT2D eigenvalue weighted by molar-refractivity contribution is 5.34. The summed E-state index contributed by atoms with van der Waals surface area (Å²) in [5, 5.41) is 0. The summed E-state index contributed by atoms with van der Waals surface area (Å²) in [5.74, 6) is 12.3. The van der Waals surface area contributed by atoms with E-state index in [0.29, 0.717) is 6.42 Å². The van der Waals surface area contributed by atoms with E-state index in [2.05, 4.69) is 30.6 Å². The van der Waals surface area contributed by atoms with Crippen LogP contribution in [0.2, 0.25) is 0 Å². The lowest BCUT2D eigenvalue weighted by Gasteiger charge is -1.85. The zero-order valence-electron chi connectivity index (χ0n) is 9.22. The largest absolute Gasteiger partial charge is 0.102 e. The number of hydrogen-bond acceptors (Lipinski definition) is 0. The van der Waals surface area contributed by atoms with Crippen molar-refractivity contribution in [3.05, 3.63) is 35.9 Å². The van der Waals surface area contributed by atoms with E-state index in [1.165, 1.54) is 12.8 Å². The van der Waals surface area contributed by atoms with Gasteiger partial charge < -0.3 is 0 Å². The molecule has 0 aliphatic heterocycles. The van der Waals surface area contributed by atoms with E-state index in [9.17, 15) is 0 Å². The normalized spacial score (nSPS) is 8.33. The molecule has 0 nitrogen and oxygen atoms in total. The molecule has 0 fully saturated rings. The molecule has 0 spiro atoms. The van der Waals surface area contributed by atoms with Crippen LogP contribution < -0.4 is 0 Å². The van der Waals surface area contributed by atoms with Crippen molar-refractivity contribution in [1.29, 1.82) is 0 Å². The summed E-state index contributed by atoms with van der Waals surface area (Å²) in [6.45, 7) is 2.18. The lowest BCUT2D eigenvalue weighted by molar-refractivity contribution is 0.828. The van der Waals surface area contributed by atoms with Gasteiger partial charge in [-0.15, -0.1) is 5.92 Å². The SMILES string of the molecule is CCCCC#CCC#Cc1ccccc1. The molecule has 0 saturated carbocycles. The Labute approximate surface area is 92.7 Å². The minimum atomic E-state index is 0.679. The second kappa shape index (κ2) is 7.72. The van der Waals surface area contributed by atoms with Crippen LogP contribution >= 0.6 is 0 Å². The van der Waals surface area contributed by atoms with Crippen LogP contribution in [0.15, 0.2) is 30.3 Å². The minimum absolute atomic E-state index is 0.679. The summed E-state index contributed by atoms with van der Waals surface area (Å²) in [6, 6.07) is 10.0. The zero-order valence-corrected chi connectivity index (χ0v) is 9.22. The van der Waals surface area contributed by atoms with Gasteiger partial charge in [-0.2, -0.15) is 0 Å². The molecule has 0 radical (unpaired) electrons. The minimum Gasteiger partial charge on any atom is -0.102 e. The number of benzene rings is 1. The van der Waals surface area contributed by atoms with Gasteiger partial charge in [-0.3, -0.25) is 0 Å². The van der Waals surface area contributed by atoms with Gasteiger partial charge in [0.2, 0.25) is 0 Å². The Bertz CT molecular complexity index is 379. The van der Waals surface area contributed by atoms with E-state index in [0.717, 1.165) is 12.0 Å². The summed E-state index contributed by atoms with van der Waals surface area (Å²) in [7, 11) is 0. The topological polar surface area (TPSA) is 0 Å². The van der Waals surface area contributed by atoms with Crippen LogP contribution in [0, 0.1) is 23.7 Å². The van der Waals surface area contributed by atoms with E-state index in [1.807, 2.05) is 30.3 Å². The fourth-order valence-corrected chi connectivity index (χ4v) is 1.13. The Balaban J connectivity index is 2.30. The molecule has 0 saturated heterocycles. The molecule has 76 valence electrons.